The van der Waals surface area contributed by atoms with Crippen LogP contribution in [0.5, 0.6) is 0 Å². The molecule has 0 aliphatic heterocycles. The van der Waals surface area contributed by atoms with Crippen LogP contribution >= 0.6 is 11.8 Å². The Hall–Kier alpha value is -0.860. The molecule has 20 heavy (non-hydrogen) atoms. The number of rotatable bonds is 8. The van der Waals surface area contributed by atoms with Crippen molar-refractivity contribution in [3.05, 3.63) is 12.4 Å². The van der Waals surface area contributed by atoms with Crippen LogP contribution in [0.2, 0.25) is 0 Å². The zero-order valence-electron chi connectivity index (χ0n) is 12.3. The third kappa shape index (κ3) is 4.07. The molecule has 0 bridgehead atoms. The van der Waals surface area contributed by atoms with Crippen LogP contribution in [0.3, 0.4) is 0 Å². The van der Waals surface area contributed by atoms with E-state index in [1.807, 2.05) is 6.26 Å². The lowest BCUT2D eigenvalue weighted by molar-refractivity contribution is 0.521. The normalized spacial score (nSPS) is 12.4. The highest BCUT2D eigenvalue weighted by Crippen LogP contribution is 2.29. The second kappa shape index (κ2) is 7.24. The van der Waals surface area contributed by atoms with Crippen molar-refractivity contribution in [2.45, 2.75) is 36.3 Å². The summed E-state index contributed by atoms with van der Waals surface area (Å²) in [5.74, 6) is 0.393. The molecule has 0 radical (unpaired) electrons. The lowest BCUT2D eigenvalue weighted by Gasteiger charge is -2.29. The number of sulfonamides is 1. The lowest BCUT2D eigenvalue weighted by Crippen LogP contribution is -2.39. The molecule has 0 aliphatic rings. The molecule has 114 valence electrons. The van der Waals surface area contributed by atoms with Gasteiger partial charge >= 0.3 is 0 Å². The summed E-state index contributed by atoms with van der Waals surface area (Å²) < 4.78 is 27.0. The van der Waals surface area contributed by atoms with E-state index in [0.717, 1.165) is 12.8 Å². The largest absolute Gasteiger partial charge is 0.357 e. The SMILES string of the molecule is CCC(CC)(CNS(=O)(=O)c1cnc(NC)nc1)SC. The predicted molar refractivity (Wildman–Crippen MR) is 83.6 cm³/mol. The van der Waals surface area contributed by atoms with Gasteiger partial charge in [0.25, 0.3) is 0 Å². The topological polar surface area (TPSA) is 84.0 Å². The van der Waals surface area contributed by atoms with Gasteiger partial charge in [-0.05, 0) is 19.1 Å². The molecule has 0 saturated carbocycles. The standard InChI is InChI=1S/C12H22N4O2S2/c1-5-12(6-2,19-4)9-16-20(17,18)10-7-14-11(13-3)15-8-10/h7-8,16H,5-6,9H2,1-4H3,(H,13,14,15). The van der Waals surface area contributed by atoms with Crippen molar-refractivity contribution < 1.29 is 8.42 Å². The van der Waals surface area contributed by atoms with Gasteiger partial charge in [-0.25, -0.2) is 23.1 Å². The van der Waals surface area contributed by atoms with Crippen molar-refractivity contribution in [2.24, 2.45) is 0 Å². The summed E-state index contributed by atoms with van der Waals surface area (Å²) in [6, 6.07) is 0. The molecule has 1 rings (SSSR count). The first-order chi connectivity index (χ1) is 9.43. The Morgan fingerprint density at radius 2 is 1.80 bits per heavy atom. The second-order valence-corrected chi connectivity index (χ2v) is 7.45. The van der Waals surface area contributed by atoms with Crippen LogP contribution in [-0.4, -0.2) is 43.0 Å². The number of hydrogen-bond acceptors (Lipinski definition) is 6. The van der Waals surface area contributed by atoms with Crippen LogP contribution < -0.4 is 10.0 Å². The first kappa shape index (κ1) is 17.2. The molecule has 0 aliphatic carbocycles. The summed E-state index contributed by atoms with van der Waals surface area (Å²) in [7, 11) is -1.89. The molecule has 0 fully saturated rings. The van der Waals surface area contributed by atoms with Gasteiger partial charge in [0, 0.05) is 18.3 Å². The third-order valence-corrected chi connectivity index (χ3v) is 6.41. The molecular formula is C12H22N4O2S2. The van der Waals surface area contributed by atoms with Gasteiger partial charge in [0.05, 0.1) is 12.4 Å². The zero-order valence-corrected chi connectivity index (χ0v) is 13.9. The fraction of sp³-hybridized carbons (Fsp3) is 0.667. The molecule has 0 unspecified atom stereocenters. The molecule has 0 spiro atoms. The Bertz CT molecular complexity index is 504. The maximum Gasteiger partial charge on any atom is 0.243 e. The van der Waals surface area contributed by atoms with Crippen molar-refractivity contribution in [1.82, 2.24) is 14.7 Å². The molecule has 2 N–H and O–H groups in total. The van der Waals surface area contributed by atoms with Gasteiger partial charge in [0.2, 0.25) is 16.0 Å². The summed E-state index contributed by atoms with van der Waals surface area (Å²) in [5.41, 5.74) is 0. The van der Waals surface area contributed by atoms with Crippen molar-refractivity contribution in [3.63, 3.8) is 0 Å². The number of nitrogens with zero attached hydrogens (tertiary/aromatic N) is 2. The summed E-state index contributed by atoms with van der Waals surface area (Å²) in [6.45, 7) is 4.54. The first-order valence-corrected chi connectivity index (χ1v) is 9.18. The Labute approximate surface area is 125 Å². The van der Waals surface area contributed by atoms with Gasteiger partial charge in [0.1, 0.15) is 4.90 Å². The Balaban J connectivity index is 2.84. The quantitative estimate of drug-likeness (QED) is 0.759. The van der Waals surface area contributed by atoms with Crippen molar-refractivity contribution in [1.29, 1.82) is 0 Å². The van der Waals surface area contributed by atoms with E-state index < -0.39 is 10.0 Å². The molecule has 6 nitrogen and oxygen atoms in total. The highest BCUT2D eigenvalue weighted by atomic mass is 32.2. The Kier molecular flexibility index (Phi) is 6.22. The molecule has 1 aromatic rings. The molecule has 0 saturated heterocycles. The lowest BCUT2D eigenvalue weighted by atomic mass is 10.0. The highest BCUT2D eigenvalue weighted by molar-refractivity contribution is 8.00. The Morgan fingerprint density at radius 1 is 1.25 bits per heavy atom. The Morgan fingerprint density at radius 3 is 2.20 bits per heavy atom. The molecule has 0 amide bonds. The predicted octanol–water partition coefficient (Wildman–Crippen LogP) is 1.72. The second-order valence-electron chi connectivity index (χ2n) is 4.41. The molecule has 8 heteroatoms. The van der Waals surface area contributed by atoms with Crippen LogP contribution in [-0.2, 0) is 10.0 Å². The number of thioether (sulfide) groups is 1. The van der Waals surface area contributed by atoms with Crippen molar-refractivity contribution in [2.75, 3.05) is 25.2 Å². The summed E-state index contributed by atoms with van der Waals surface area (Å²) in [5, 5.41) is 2.75. The van der Waals surface area contributed by atoms with Gasteiger partial charge in [-0.1, -0.05) is 13.8 Å². The van der Waals surface area contributed by atoms with Gasteiger partial charge in [-0.2, -0.15) is 11.8 Å². The van der Waals surface area contributed by atoms with Crippen LogP contribution in [0.4, 0.5) is 5.95 Å². The number of anilines is 1. The fourth-order valence-electron chi connectivity index (χ4n) is 1.75. The number of aromatic nitrogens is 2. The van der Waals surface area contributed by atoms with Crippen LogP contribution in [0, 0.1) is 0 Å². The van der Waals surface area contributed by atoms with E-state index in [9.17, 15) is 8.42 Å². The van der Waals surface area contributed by atoms with E-state index in [2.05, 4.69) is 33.9 Å². The van der Waals surface area contributed by atoms with E-state index in [1.165, 1.54) is 12.4 Å². The molecular weight excluding hydrogens is 296 g/mol. The van der Waals surface area contributed by atoms with Crippen LogP contribution in [0.1, 0.15) is 26.7 Å². The average Bonchev–Trinajstić information content (AvgIpc) is 2.49. The minimum absolute atomic E-state index is 0.0706. The molecule has 0 aromatic carbocycles. The summed E-state index contributed by atoms with van der Waals surface area (Å²) in [4.78, 5) is 7.93. The minimum atomic E-state index is -3.56. The van der Waals surface area contributed by atoms with E-state index >= 15 is 0 Å². The maximum absolute atomic E-state index is 12.2. The monoisotopic (exact) mass is 318 g/mol. The van der Waals surface area contributed by atoms with E-state index in [0.29, 0.717) is 12.5 Å². The van der Waals surface area contributed by atoms with Crippen LogP contribution in [0.25, 0.3) is 0 Å². The van der Waals surface area contributed by atoms with Crippen molar-refractivity contribution >= 4 is 27.7 Å². The summed E-state index contributed by atoms with van der Waals surface area (Å²) >= 11 is 1.69. The summed E-state index contributed by atoms with van der Waals surface area (Å²) in [6.07, 6.45) is 6.43. The molecule has 1 aromatic heterocycles. The third-order valence-electron chi connectivity index (χ3n) is 3.47. The average molecular weight is 318 g/mol. The maximum atomic E-state index is 12.2. The smallest absolute Gasteiger partial charge is 0.243 e. The first-order valence-electron chi connectivity index (χ1n) is 6.47. The van der Waals surface area contributed by atoms with E-state index in [4.69, 9.17) is 0 Å². The molecule has 1 heterocycles. The van der Waals surface area contributed by atoms with E-state index in [-0.39, 0.29) is 9.64 Å². The number of nitrogens with one attached hydrogen (secondary N) is 2. The minimum Gasteiger partial charge on any atom is -0.357 e. The van der Waals surface area contributed by atoms with Crippen molar-refractivity contribution in [3.8, 4) is 0 Å². The fourth-order valence-corrected chi connectivity index (χ4v) is 3.66. The zero-order chi connectivity index (χ0) is 15.2. The van der Waals surface area contributed by atoms with Gasteiger partial charge < -0.3 is 5.32 Å². The molecule has 0 atom stereocenters. The van der Waals surface area contributed by atoms with Crippen LogP contribution in [0.15, 0.2) is 17.3 Å². The number of hydrogen-bond donors (Lipinski definition) is 2. The van der Waals surface area contributed by atoms with Gasteiger partial charge in [0.15, 0.2) is 0 Å². The highest BCUT2D eigenvalue weighted by Gasteiger charge is 2.27. The van der Waals surface area contributed by atoms with Gasteiger partial charge in [-0.3, -0.25) is 0 Å². The van der Waals surface area contributed by atoms with Gasteiger partial charge in [-0.15, -0.1) is 0 Å². The van der Waals surface area contributed by atoms with E-state index in [1.54, 1.807) is 18.8 Å².